The van der Waals surface area contributed by atoms with Crippen molar-refractivity contribution < 1.29 is 4.79 Å². The van der Waals surface area contributed by atoms with E-state index in [4.69, 9.17) is 5.73 Å². The van der Waals surface area contributed by atoms with E-state index < -0.39 is 0 Å². The van der Waals surface area contributed by atoms with E-state index >= 15 is 0 Å². The number of hydrogen-bond donors (Lipinski definition) is 3. The maximum absolute atomic E-state index is 12.4. The van der Waals surface area contributed by atoms with Gasteiger partial charge in [-0.2, -0.15) is 0 Å². The van der Waals surface area contributed by atoms with E-state index in [1.165, 1.54) is 0 Å². The Labute approximate surface area is 149 Å². The van der Waals surface area contributed by atoms with Crippen LogP contribution in [0.2, 0.25) is 0 Å². The molecule has 0 atom stereocenters. The molecule has 0 unspecified atom stereocenters. The van der Waals surface area contributed by atoms with Gasteiger partial charge in [0.2, 0.25) is 5.91 Å². The van der Waals surface area contributed by atoms with E-state index in [1.54, 1.807) is 0 Å². The van der Waals surface area contributed by atoms with Gasteiger partial charge >= 0.3 is 0 Å². The monoisotopic (exact) mass is 338 g/mol. The van der Waals surface area contributed by atoms with Crippen molar-refractivity contribution >= 4 is 23.0 Å². The van der Waals surface area contributed by atoms with Crippen LogP contribution >= 0.6 is 0 Å². The molecule has 1 aliphatic rings. The van der Waals surface area contributed by atoms with E-state index in [0.717, 1.165) is 42.9 Å². The van der Waals surface area contributed by atoms with Crippen LogP contribution in [-0.4, -0.2) is 37.0 Å². The van der Waals surface area contributed by atoms with Crippen LogP contribution in [-0.2, 0) is 11.2 Å². The zero-order valence-electron chi connectivity index (χ0n) is 14.7. The summed E-state index contributed by atoms with van der Waals surface area (Å²) in [5.41, 5.74) is 9.17. The SMILES string of the molecule is CN1CCC(Nc2ccccc2NC(=O)Cc2ccc(N)cc2)CC1. The van der Waals surface area contributed by atoms with Crippen LogP contribution in [0.1, 0.15) is 18.4 Å². The van der Waals surface area contributed by atoms with Crippen LogP contribution < -0.4 is 16.4 Å². The number of carbonyl (C=O) groups excluding carboxylic acids is 1. The fourth-order valence-electron chi connectivity index (χ4n) is 3.11. The lowest BCUT2D eigenvalue weighted by Crippen LogP contribution is -2.36. The molecule has 0 spiro atoms. The number of nitrogens with one attached hydrogen (secondary N) is 2. The number of para-hydroxylation sites is 2. The topological polar surface area (TPSA) is 70.4 Å². The average molecular weight is 338 g/mol. The summed E-state index contributed by atoms with van der Waals surface area (Å²) < 4.78 is 0. The molecule has 0 radical (unpaired) electrons. The molecule has 4 N–H and O–H groups in total. The number of hydrogen-bond acceptors (Lipinski definition) is 4. The number of benzene rings is 2. The van der Waals surface area contributed by atoms with E-state index in [0.29, 0.717) is 18.2 Å². The Kier molecular flexibility index (Phi) is 5.56. The number of piperidine rings is 1. The van der Waals surface area contributed by atoms with Crippen molar-refractivity contribution in [3.8, 4) is 0 Å². The highest BCUT2D eigenvalue weighted by Gasteiger charge is 2.17. The van der Waals surface area contributed by atoms with Crippen molar-refractivity contribution in [1.29, 1.82) is 0 Å². The first-order valence-electron chi connectivity index (χ1n) is 8.78. The number of nitrogen functional groups attached to an aromatic ring is 1. The minimum Gasteiger partial charge on any atom is -0.399 e. The van der Waals surface area contributed by atoms with Gasteiger partial charge in [-0.05, 0) is 62.8 Å². The average Bonchev–Trinajstić information content (AvgIpc) is 2.61. The van der Waals surface area contributed by atoms with E-state index in [2.05, 4.69) is 22.6 Å². The van der Waals surface area contributed by atoms with Crippen molar-refractivity contribution in [2.75, 3.05) is 36.5 Å². The van der Waals surface area contributed by atoms with Gasteiger partial charge in [-0.1, -0.05) is 24.3 Å². The number of carbonyl (C=O) groups is 1. The second kappa shape index (κ2) is 8.03. The van der Waals surface area contributed by atoms with Crippen LogP contribution in [0, 0.1) is 0 Å². The van der Waals surface area contributed by atoms with Crippen LogP contribution in [0.3, 0.4) is 0 Å². The summed E-state index contributed by atoms with van der Waals surface area (Å²) in [6.07, 6.45) is 2.57. The van der Waals surface area contributed by atoms with Crippen molar-refractivity contribution in [3.63, 3.8) is 0 Å². The number of anilines is 3. The largest absolute Gasteiger partial charge is 0.399 e. The summed E-state index contributed by atoms with van der Waals surface area (Å²) in [5.74, 6) is -0.0256. The molecule has 2 aromatic carbocycles. The fourth-order valence-corrected chi connectivity index (χ4v) is 3.11. The molecule has 25 heavy (non-hydrogen) atoms. The van der Waals surface area contributed by atoms with E-state index in [1.807, 2.05) is 48.5 Å². The predicted octanol–water partition coefficient (Wildman–Crippen LogP) is 2.96. The van der Waals surface area contributed by atoms with Crippen LogP contribution in [0.25, 0.3) is 0 Å². The van der Waals surface area contributed by atoms with Gasteiger partial charge in [0.05, 0.1) is 17.8 Å². The first-order valence-corrected chi connectivity index (χ1v) is 8.78. The third-order valence-corrected chi connectivity index (χ3v) is 4.62. The van der Waals surface area contributed by atoms with Gasteiger partial charge in [0.1, 0.15) is 0 Å². The molecular weight excluding hydrogens is 312 g/mol. The molecule has 1 saturated heterocycles. The van der Waals surface area contributed by atoms with Crippen molar-refractivity contribution in [3.05, 3.63) is 54.1 Å². The highest BCUT2D eigenvalue weighted by atomic mass is 16.1. The van der Waals surface area contributed by atoms with Crippen LogP contribution in [0.15, 0.2) is 48.5 Å². The Balaban J connectivity index is 1.62. The Hall–Kier alpha value is -2.53. The number of rotatable bonds is 5. The van der Waals surface area contributed by atoms with Gasteiger partial charge in [0, 0.05) is 11.7 Å². The van der Waals surface area contributed by atoms with Gasteiger partial charge in [0.25, 0.3) is 0 Å². The molecule has 2 aromatic rings. The Morgan fingerprint density at radius 3 is 2.40 bits per heavy atom. The molecule has 0 aromatic heterocycles. The fraction of sp³-hybridized carbons (Fsp3) is 0.350. The van der Waals surface area contributed by atoms with Gasteiger partial charge in [-0.15, -0.1) is 0 Å². The van der Waals surface area contributed by atoms with Crippen LogP contribution in [0.5, 0.6) is 0 Å². The molecule has 1 fully saturated rings. The van der Waals surface area contributed by atoms with Crippen molar-refractivity contribution in [2.24, 2.45) is 0 Å². The maximum atomic E-state index is 12.4. The number of amides is 1. The second-order valence-corrected chi connectivity index (χ2v) is 6.73. The molecule has 5 nitrogen and oxygen atoms in total. The molecule has 0 aliphatic carbocycles. The van der Waals surface area contributed by atoms with Gasteiger partial charge in [-0.3, -0.25) is 4.79 Å². The normalized spacial score (nSPS) is 15.7. The minimum absolute atomic E-state index is 0.0256. The molecule has 1 amide bonds. The molecule has 5 heteroatoms. The lowest BCUT2D eigenvalue weighted by molar-refractivity contribution is -0.115. The quantitative estimate of drug-likeness (QED) is 0.733. The Morgan fingerprint density at radius 1 is 1.08 bits per heavy atom. The standard InChI is InChI=1S/C20H26N4O/c1-24-12-10-17(11-13-24)22-18-4-2-3-5-19(18)23-20(25)14-15-6-8-16(21)9-7-15/h2-9,17,22H,10-14,21H2,1H3,(H,23,25). The third kappa shape index (κ3) is 4.97. The minimum atomic E-state index is -0.0256. The summed E-state index contributed by atoms with van der Waals surface area (Å²) in [4.78, 5) is 14.7. The summed E-state index contributed by atoms with van der Waals surface area (Å²) in [6.45, 7) is 2.20. The second-order valence-electron chi connectivity index (χ2n) is 6.73. The lowest BCUT2D eigenvalue weighted by Gasteiger charge is -2.30. The highest BCUT2D eigenvalue weighted by molar-refractivity contribution is 5.95. The zero-order valence-corrected chi connectivity index (χ0v) is 14.7. The zero-order chi connectivity index (χ0) is 17.6. The first-order chi connectivity index (χ1) is 12.1. The number of nitrogens with two attached hydrogens (primary N) is 1. The summed E-state index contributed by atoms with van der Waals surface area (Å²) in [6, 6.07) is 15.8. The van der Waals surface area contributed by atoms with Crippen molar-refractivity contribution in [2.45, 2.75) is 25.3 Å². The molecular formula is C20H26N4O. The first kappa shape index (κ1) is 17.3. The predicted molar refractivity (Wildman–Crippen MR) is 104 cm³/mol. The van der Waals surface area contributed by atoms with E-state index in [9.17, 15) is 4.79 Å². The Bertz CT molecular complexity index is 706. The summed E-state index contributed by atoms with van der Waals surface area (Å²) >= 11 is 0. The molecule has 0 bridgehead atoms. The van der Waals surface area contributed by atoms with Gasteiger partial charge in [0.15, 0.2) is 0 Å². The van der Waals surface area contributed by atoms with Gasteiger partial charge in [-0.25, -0.2) is 0 Å². The summed E-state index contributed by atoms with van der Waals surface area (Å²) in [7, 11) is 2.15. The number of nitrogens with zero attached hydrogens (tertiary/aromatic N) is 1. The highest BCUT2D eigenvalue weighted by Crippen LogP contribution is 2.24. The molecule has 1 aliphatic heterocycles. The van der Waals surface area contributed by atoms with Crippen molar-refractivity contribution in [1.82, 2.24) is 4.90 Å². The molecule has 132 valence electrons. The maximum Gasteiger partial charge on any atom is 0.228 e. The van der Waals surface area contributed by atoms with Crippen LogP contribution in [0.4, 0.5) is 17.1 Å². The van der Waals surface area contributed by atoms with Gasteiger partial charge < -0.3 is 21.3 Å². The number of likely N-dealkylation sites (tertiary alicyclic amines) is 1. The molecule has 1 heterocycles. The summed E-state index contributed by atoms with van der Waals surface area (Å²) in [5, 5.41) is 6.62. The van der Waals surface area contributed by atoms with E-state index in [-0.39, 0.29) is 5.91 Å². The lowest BCUT2D eigenvalue weighted by atomic mass is 10.0. The molecule has 0 saturated carbocycles. The smallest absolute Gasteiger partial charge is 0.228 e. The Morgan fingerprint density at radius 2 is 1.72 bits per heavy atom. The third-order valence-electron chi connectivity index (χ3n) is 4.62. The molecule has 3 rings (SSSR count).